The van der Waals surface area contributed by atoms with E-state index < -0.39 is 6.17 Å². The fourth-order valence-electron chi connectivity index (χ4n) is 2.24. The van der Waals surface area contributed by atoms with Crippen molar-refractivity contribution in [3.05, 3.63) is 0 Å². The third-order valence-corrected chi connectivity index (χ3v) is 3.07. The van der Waals surface area contributed by atoms with Crippen LogP contribution in [0.25, 0.3) is 0 Å². The summed E-state index contributed by atoms with van der Waals surface area (Å²) in [6.45, 7) is 3.05. The molecule has 0 aromatic rings. The summed E-state index contributed by atoms with van der Waals surface area (Å²) in [6, 6.07) is 0. The maximum absolute atomic E-state index is 13.6. The van der Waals surface area contributed by atoms with Crippen LogP contribution in [0.2, 0.25) is 0 Å². The molecule has 2 aliphatic heterocycles. The van der Waals surface area contributed by atoms with Gasteiger partial charge in [-0.25, -0.2) is 4.39 Å². The molecule has 0 aromatic heterocycles. The van der Waals surface area contributed by atoms with Gasteiger partial charge in [-0.15, -0.1) is 0 Å². The molecule has 0 aliphatic carbocycles. The second-order valence-corrected chi connectivity index (χ2v) is 3.95. The zero-order valence-electron chi connectivity index (χ0n) is 7.31. The zero-order chi connectivity index (χ0) is 8.44. The van der Waals surface area contributed by atoms with E-state index in [2.05, 4.69) is 5.32 Å². The molecule has 0 bridgehead atoms. The van der Waals surface area contributed by atoms with Gasteiger partial charge in [0.2, 0.25) is 0 Å². The van der Waals surface area contributed by atoms with Gasteiger partial charge >= 0.3 is 0 Å². The molecule has 2 aliphatic rings. The van der Waals surface area contributed by atoms with Crippen LogP contribution in [0.5, 0.6) is 0 Å². The van der Waals surface area contributed by atoms with Gasteiger partial charge in [-0.1, -0.05) is 0 Å². The van der Waals surface area contributed by atoms with Crippen LogP contribution in [0.3, 0.4) is 0 Å². The third-order valence-electron chi connectivity index (χ3n) is 3.07. The smallest absolute Gasteiger partial charge is 0.111 e. The van der Waals surface area contributed by atoms with E-state index in [4.69, 9.17) is 4.74 Å². The number of alkyl halides is 1. The molecule has 2 rings (SSSR count). The van der Waals surface area contributed by atoms with Gasteiger partial charge in [0.1, 0.15) is 6.17 Å². The fraction of sp³-hybridized carbons (Fsp3) is 1.00. The van der Waals surface area contributed by atoms with Crippen molar-refractivity contribution in [3.63, 3.8) is 0 Å². The largest absolute Gasteiger partial charge is 0.381 e. The van der Waals surface area contributed by atoms with Crippen molar-refractivity contribution in [1.82, 2.24) is 5.32 Å². The Balaban J connectivity index is 2.04. The maximum Gasteiger partial charge on any atom is 0.111 e. The predicted octanol–water partition coefficient (Wildman–Crippen LogP) is 1.11. The van der Waals surface area contributed by atoms with E-state index in [1.54, 1.807) is 0 Å². The minimum atomic E-state index is -0.654. The number of ether oxygens (including phenoxy) is 1. The van der Waals surface area contributed by atoms with Gasteiger partial charge in [0.15, 0.2) is 0 Å². The first-order valence-electron chi connectivity index (χ1n) is 4.76. The summed E-state index contributed by atoms with van der Waals surface area (Å²) in [5.41, 5.74) is -0.184. The van der Waals surface area contributed by atoms with Crippen LogP contribution in [0.1, 0.15) is 19.3 Å². The molecule has 2 unspecified atom stereocenters. The molecule has 2 heterocycles. The van der Waals surface area contributed by atoms with Crippen LogP contribution in [0.4, 0.5) is 4.39 Å². The average molecular weight is 173 g/mol. The Morgan fingerprint density at radius 1 is 1.50 bits per heavy atom. The molecular formula is C9H16FNO. The zero-order valence-corrected chi connectivity index (χ0v) is 7.31. The highest BCUT2D eigenvalue weighted by Gasteiger charge is 2.42. The van der Waals surface area contributed by atoms with E-state index in [-0.39, 0.29) is 5.41 Å². The number of hydrogen-bond acceptors (Lipinski definition) is 2. The molecule has 12 heavy (non-hydrogen) atoms. The van der Waals surface area contributed by atoms with Crippen molar-refractivity contribution < 1.29 is 9.13 Å². The Morgan fingerprint density at radius 3 is 3.08 bits per heavy atom. The van der Waals surface area contributed by atoms with E-state index in [0.29, 0.717) is 19.6 Å². The highest BCUT2D eigenvalue weighted by Crippen LogP contribution is 2.36. The Hall–Kier alpha value is -0.150. The summed E-state index contributed by atoms with van der Waals surface area (Å²) in [5, 5.41) is 3.26. The predicted molar refractivity (Wildman–Crippen MR) is 44.9 cm³/mol. The number of rotatable bonds is 0. The van der Waals surface area contributed by atoms with Gasteiger partial charge in [-0.05, 0) is 19.4 Å². The summed E-state index contributed by atoms with van der Waals surface area (Å²) in [6.07, 6.45) is 2.01. The lowest BCUT2D eigenvalue weighted by Crippen LogP contribution is -2.51. The highest BCUT2D eigenvalue weighted by atomic mass is 19.1. The van der Waals surface area contributed by atoms with E-state index in [1.807, 2.05) is 0 Å². The van der Waals surface area contributed by atoms with Crippen molar-refractivity contribution in [2.24, 2.45) is 5.41 Å². The van der Waals surface area contributed by atoms with Gasteiger partial charge in [0.25, 0.3) is 0 Å². The van der Waals surface area contributed by atoms with Crippen LogP contribution >= 0.6 is 0 Å². The van der Waals surface area contributed by atoms with Gasteiger partial charge in [0.05, 0.1) is 6.61 Å². The van der Waals surface area contributed by atoms with Crippen LogP contribution in [0, 0.1) is 5.41 Å². The van der Waals surface area contributed by atoms with Crippen molar-refractivity contribution in [3.8, 4) is 0 Å². The highest BCUT2D eigenvalue weighted by molar-refractivity contribution is 4.93. The third kappa shape index (κ3) is 1.36. The summed E-state index contributed by atoms with van der Waals surface area (Å²) in [4.78, 5) is 0. The summed E-state index contributed by atoms with van der Waals surface area (Å²) >= 11 is 0. The first-order chi connectivity index (χ1) is 5.83. The Morgan fingerprint density at radius 2 is 2.42 bits per heavy atom. The van der Waals surface area contributed by atoms with E-state index in [1.165, 1.54) is 0 Å². The second-order valence-electron chi connectivity index (χ2n) is 3.95. The van der Waals surface area contributed by atoms with E-state index in [9.17, 15) is 4.39 Å². The molecule has 1 N–H and O–H groups in total. The molecule has 2 atom stereocenters. The molecule has 2 nitrogen and oxygen atoms in total. The summed E-state index contributed by atoms with van der Waals surface area (Å²) < 4.78 is 19.0. The van der Waals surface area contributed by atoms with Crippen LogP contribution < -0.4 is 5.32 Å². The molecular weight excluding hydrogens is 157 g/mol. The molecule has 3 heteroatoms. The van der Waals surface area contributed by atoms with Crippen molar-refractivity contribution in [2.75, 3.05) is 26.3 Å². The number of nitrogens with one attached hydrogen (secondary N) is 1. The lowest BCUT2D eigenvalue weighted by atomic mass is 9.75. The van der Waals surface area contributed by atoms with Crippen molar-refractivity contribution in [1.29, 1.82) is 0 Å². The van der Waals surface area contributed by atoms with Gasteiger partial charge < -0.3 is 10.1 Å². The Kier molecular flexibility index (Phi) is 2.33. The Labute approximate surface area is 72.5 Å². The van der Waals surface area contributed by atoms with E-state index in [0.717, 1.165) is 25.9 Å². The first kappa shape index (κ1) is 8.45. The van der Waals surface area contributed by atoms with Crippen LogP contribution in [0.15, 0.2) is 0 Å². The Bertz CT molecular complexity index is 148. The quantitative estimate of drug-likeness (QED) is 0.592. The van der Waals surface area contributed by atoms with E-state index >= 15 is 0 Å². The van der Waals surface area contributed by atoms with Crippen molar-refractivity contribution >= 4 is 0 Å². The molecule has 0 amide bonds. The maximum atomic E-state index is 13.6. The average Bonchev–Trinajstić information content (AvgIpc) is 2.12. The lowest BCUT2D eigenvalue weighted by Gasteiger charge is -2.42. The minimum Gasteiger partial charge on any atom is -0.381 e. The molecule has 0 aromatic carbocycles. The standard InChI is InChI=1S/C9H16FNO/c10-8-2-5-12-7-9(8)3-1-4-11-6-9/h8,11H,1-7H2. The monoisotopic (exact) mass is 173 g/mol. The molecule has 2 fully saturated rings. The SMILES string of the molecule is FC1CCOCC12CCCNC2. The minimum absolute atomic E-state index is 0.184. The van der Waals surface area contributed by atoms with Crippen molar-refractivity contribution in [2.45, 2.75) is 25.4 Å². The molecule has 0 radical (unpaired) electrons. The first-order valence-corrected chi connectivity index (χ1v) is 4.76. The summed E-state index contributed by atoms with van der Waals surface area (Å²) in [5.74, 6) is 0. The fourth-order valence-corrected chi connectivity index (χ4v) is 2.24. The molecule has 2 saturated heterocycles. The number of piperidine rings is 1. The van der Waals surface area contributed by atoms with Gasteiger partial charge in [0, 0.05) is 25.0 Å². The second kappa shape index (κ2) is 3.30. The normalized spacial score (nSPS) is 43.2. The number of halogens is 1. The topological polar surface area (TPSA) is 21.3 Å². The van der Waals surface area contributed by atoms with Crippen LogP contribution in [-0.2, 0) is 4.74 Å². The number of hydrogen-bond donors (Lipinski definition) is 1. The lowest BCUT2D eigenvalue weighted by molar-refractivity contribution is -0.0755. The molecule has 1 spiro atoms. The molecule has 70 valence electrons. The summed E-state index contributed by atoms with van der Waals surface area (Å²) in [7, 11) is 0. The van der Waals surface area contributed by atoms with Gasteiger partial charge in [-0.3, -0.25) is 0 Å². The van der Waals surface area contributed by atoms with Crippen LogP contribution in [-0.4, -0.2) is 32.5 Å². The molecule has 0 saturated carbocycles. The van der Waals surface area contributed by atoms with Gasteiger partial charge in [-0.2, -0.15) is 0 Å².